The monoisotopic (exact) mass is 204 g/mol. The molecule has 0 unspecified atom stereocenters. The third-order valence-electron chi connectivity index (χ3n) is 1.89. The van der Waals surface area contributed by atoms with Gasteiger partial charge < -0.3 is 5.01 Å². The number of benzene rings is 1. The highest BCUT2D eigenvalue weighted by molar-refractivity contribution is 7.16. The summed E-state index contributed by atoms with van der Waals surface area (Å²) in [5, 5.41) is 10.6. The van der Waals surface area contributed by atoms with Crippen LogP contribution < -0.4 is 5.36 Å². The molecular formula is C11H12N2S. The van der Waals surface area contributed by atoms with Gasteiger partial charge in [0.05, 0.1) is 5.36 Å². The summed E-state index contributed by atoms with van der Waals surface area (Å²) in [6, 6.07) is 10.4. The summed E-state index contributed by atoms with van der Waals surface area (Å²) in [5.74, 6) is 0. The van der Waals surface area contributed by atoms with Crippen molar-refractivity contribution in [3.8, 4) is 0 Å². The Labute approximate surface area is 87.1 Å². The molecule has 2 aromatic rings. The largest absolute Gasteiger partial charge is 0.303 e. The van der Waals surface area contributed by atoms with Crippen molar-refractivity contribution in [2.45, 2.75) is 0 Å². The molecule has 1 aromatic carbocycles. The van der Waals surface area contributed by atoms with E-state index >= 15 is 0 Å². The van der Waals surface area contributed by atoms with Gasteiger partial charge in [0, 0.05) is 24.2 Å². The SMILES string of the molecule is CN(C)/N=c1\ccsc2ccccc12. The van der Waals surface area contributed by atoms with E-state index in [9.17, 15) is 0 Å². The Morgan fingerprint density at radius 3 is 2.71 bits per heavy atom. The normalized spacial score (nSPS) is 12.0. The Morgan fingerprint density at radius 1 is 1.14 bits per heavy atom. The van der Waals surface area contributed by atoms with Crippen molar-refractivity contribution < 1.29 is 0 Å². The molecule has 72 valence electrons. The zero-order valence-electron chi connectivity index (χ0n) is 8.27. The van der Waals surface area contributed by atoms with Crippen molar-refractivity contribution in [2.24, 2.45) is 5.10 Å². The van der Waals surface area contributed by atoms with Crippen LogP contribution in [0.25, 0.3) is 10.1 Å². The van der Waals surface area contributed by atoms with Crippen LogP contribution >= 0.6 is 11.3 Å². The molecule has 0 radical (unpaired) electrons. The van der Waals surface area contributed by atoms with E-state index in [0.29, 0.717) is 0 Å². The highest BCUT2D eigenvalue weighted by Crippen LogP contribution is 2.13. The summed E-state index contributed by atoms with van der Waals surface area (Å²) in [4.78, 5) is 0. The Hall–Kier alpha value is -1.35. The van der Waals surface area contributed by atoms with Crippen LogP contribution in [-0.4, -0.2) is 19.1 Å². The number of hydrogen-bond donors (Lipinski definition) is 0. The van der Waals surface area contributed by atoms with E-state index in [4.69, 9.17) is 0 Å². The predicted molar refractivity (Wildman–Crippen MR) is 61.1 cm³/mol. The highest BCUT2D eigenvalue weighted by Gasteiger charge is 1.94. The van der Waals surface area contributed by atoms with Crippen LogP contribution in [0.1, 0.15) is 0 Å². The smallest absolute Gasteiger partial charge is 0.0925 e. The third-order valence-corrected chi connectivity index (χ3v) is 2.77. The summed E-state index contributed by atoms with van der Waals surface area (Å²) in [5.41, 5.74) is 0. The molecule has 14 heavy (non-hydrogen) atoms. The van der Waals surface area contributed by atoms with E-state index in [1.54, 1.807) is 11.3 Å². The standard InChI is InChI=1S/C11H12N2S/c1-13(2)12-10-7-8-14-11-6-4-3-5-9(10)11/h3-8H,1-2H3/b12-10+. The predicted octanol–water partition coefficient (Wildman–Crippen LogP) is 2.28. The fourth-order valence-electron chi connectivity index (χ4n) is 1.35. The van der Waals surface area contributed by atoms with Crippen LogP contribution in [0.2, 0.25) is 0 Å². The van der Waals surface area contributed by atoms with Gasteiger partial charge in [-0.15, -0.1) is 11.3 Å². The average Bonchev–Trinajstić information content (AvgIpc) is 2.18. The first-order chi connectivity index (χ1) is 6.77. The number of nitrogens with zero attached hydrogens (tertiary/aromatic N) is 2. The molecule has 0 aliphatic carbocycles. The molecule has 0 bridgehead atoms. The Kier molecular flexibility index (Phi) is 2.50. The Morgan fingerprint density at radius 2 is 1.93 bits per heavy atom. The molecular weight excluding hydrogens is 192 g/mol. The van der Waals surface area contributed by atoms with E-state index in [1.807, 2.05) is 31.2 Å². The molecule has 1 heterocycles. The third kappa shape index (κ3) is 1.77. The fourth-order valence-corrected chi connectivity index (χ4v) is 2.15. The highest BCUT2D eigenvalue weighted by atomic mass is 32.1. The van der Waals surface area contributed by atoms with Crippen molar-refractivity contribution in [2.75, 3.05) is 14.1 Å². The van der Waals surface area contributed by atoms with Crippen molar-refractivity contribution >= 4 is 21.4 Å². The molecule has 2 nitrogen and oxygen atoms in total. The van der Waals surface area contributed by atoms with Gasteiger partial charge in [0.2, 0.25) is 0 Å². The van der Waals surface area contributed by atoms with Gasteiger partial charge >= 0.3 is 0 Å². The van der Waals surface area contributed by atoms with E-state index in [-0.39, 0.29) is 0 Å². The summed E-state index contributed by atoms with van der Waals surface area (Å²) >= 11 is 1.74. The van der Waals surface area contributed by atoms with Crippen LogP contribution in [0.15, 0.2) is 40.8 Å². The van der Waals surface area contributed by atoms with Crippen LogP contribution in [0.3, 0.4) is 0 Å². The quantitative estimate of drug-likeness (QED) is 0.651. The lowest BCUT2D eigenvalue weighted by atomic mass is 10.2. The Bertz CT molecular complexity index is 494. The average molecular weight is 204 g/mol. The lowest BCUT2D eigenvalue weighted by Gasteiger charge is -2.03. The van der Waals surface area contributed by atoms with Crippen molar-refractivity contribution in [3.05, 3.63) is 41.1 Å². The molecule has 1 aromatic heterocycles. The second kappa shape index (κ2) is 3.80. The lowest BCUT2D eigenvalue weighted by Crippen LogP contribution is -2.11. The molecule has 0 amide bonds. The second-order valence-electron chi connectivity index (χ2n) is 3.25. The molecule has 0 N–H and O–H groups in total. The second-order valence-corrected chi connectivity index (χ2v) is 4.20. The summed E-state index contributed by atoms with van der Waals surface area (Å²) < 4.78 is 1.27. The van der Waals surface area contributed by atoms with Gasteiger partial charge in [0.25, 0.3) is 0 Å². The van der Waals surface area contributed by atoms with E-state index in [1.165, 1.54) is 10.1 Å². The van der Waals surface area contributed by atoms with Crippen molar-refractivity contribution in [1.29, 1.82) is 0 Å². The maximum absolute atomic E-state index is 4.43. The minimum atomic E-state index is 1.03. The maximum atomic E-state index is 4.43. The first-order valence-electron chi connectivity index (χ1n) is 4.46. The van der Waals surface area contributed by atoms with Gasteiger partial charge in [-0.1, -0.05) is 18.2 Å². The number of hydrogen-bond acceptors (Lipinski definition) is 3. The van der Waals surface area contributed by atoms with Crippen LogP contribution in [0.4, 0.5) is 0 Å². The molecule has 2 rings (SSSR count). The van der Waals surface area contributed by atoms with Gasteiger partial charge in [-0.3, -0.25) is 0 Å². The molecule has 0 atom stereocenters. The van der Waals surface area contributed by atoms with Gasteiger partial charge in [-0.25, -0.2) is 0 Å². The van der Waals surface area contributed by atoms with Gasteiger partial charge in [-0.2, -0.15) is 5.10 Å². The minimum absolute atomic E-state index is 1.03. The molecule has 3 heteroatoms. The summed E-state index contributed by atoms with van der Waals surface area (Å²) in [6.45, 7) is 0. The number of rotatable bonds is 1. The van der Waals surface area contributed by atoms with Gasteiger partial charge in [0.1, 0.15) is 0 Å². The van der Waals surface area contributed by atoms with E-state index in [0.717, 1.165) is 5.36 Å². The maximum Gasteiger partial charge on any atom is 0.0925 e. The lowest BCUT2D eigenvalue weighted by molar-refractivity contribution is 0.422. The zero-order chi connectivity index (χ0) is 9.97. The first-order valence-corrected chi connectivity index (χ1v) is 5.34. The summed E-state index contributed by atoms with van der Waals surface area (Å²) in [6.07, 6.45) is 0. The molecule has 0 fully saturated rings. The molecule has 0 aliphatic rings. The first kappa shape index (κ1) is 9.21. The van der Waals surface area contributed by atoms with Gasteiger partial charge in [-0.05, 0) is 17.5 Å². The molecule has 0 saturated heterocycles. The van der Waals surface area contributed by atoms with Crippen molar-refractivity contribution in [1.82, 2.24) is 5.01 Å². The topological polar surface area (TPSA) is 15.6 Å². The minimum Gasteiger partial charge on any atom is -0.303 e. The van der Waals surface area contributed by atoms with Crippen LogP contribution in [0, 0.1) is 0 Å². The van der Waals surface area contributed by atoms with E-state index in [2.05, 4.69) is 28.7 Å². The molecule has 0 aliphatic heterocycles. The Balaban J connectivity index is 2.78. The van der Waals surface area contributed by atoms with E-state index < -0.39 is 0 Å². The van der Waals surface area contributed by atoms with Gasteiger partial charge in [0.15, 0.2) is 0 Å². The van der Waals surface area contributed by atoms with Crippen LogP contribution in [0.5, 0.6) is 0 Å². The molecule has 0 saturated carbocycles. The van der Waals surface area contributed by atoms with Crippen molar-refractivity contribution in [3.63, 3.8) is 0 Å². The number of fused-ring (bicyclic) bond motifs is 1. The fraction of sp³-hybridized carbons (Fsp3) is 0.182. The zero-order valence-corrected chi connectivity index (χ0v) is 9.08. The summed E-state index contributed by atoms with van der Waals surface area (Å²) in [7, 11) is 3.87. The molecule has 0 spiro atoms. The van der Waals surface area contributed by atoms with Crippen LogP contribution in [-0.2, 0) is 0 Å².